The third kappa shape index (κ3) is 6.26. The van der Waals surface area contributed by atoms with E-state index in [9.17, 15) is 14.7 Å². The molecular weight excluding hydrogens is 456 g/mol. The summed E-state index contributed by atoms with van der Waals surface area (Å²) in [6.45, 7) is -0.145. The zero-order chi connectivity index (χ0) is 23.1. The third-order valence-electron chi connectivity index (χ3n) is 4.75. The third-order valence-corrected chi connectivity index (χ3v) is 5.70. The Hall–Kier alpha value is -2.53. The molecule has 3 rings (SSSR count). The second-order valence-corrected chi connectivity index (χ2v) is 8.55. The molecule has 2 unspecified atom stereocenters. The Morgan fingerprint density at radius 3 is 2.88 bits per heavy atom. The normalized spacial score (nSPS) is 15.4. The number of amides is 2. The van der Waals surface area contributed by atoms with Crippen LogP contribution in [0.5, 0.6) is 5.75 Å². The van der Waals surface area contributed by atoms with Crippen LogP contribution in [-0.4, -0.2) is 74.0 Å². The molecule has 0 saturated carbocycles. The predicted molar refractivity (Wildman–Crippen MR) is 123 cm³/mol. The maximum atomic E-state index is 13.0. The first kappa shape index (κ1) is 24.1. The van der Waals surface area contributed by atoms with E-state index in [-0.39, 0.29) is 31.5 Å². The van der Waals surface area contributed by atoms with Gasteiger partial charge < -0.3 is 25.2 Å². The van der Waals surface area contributed by atoms with Crippen molar-refractivity contribution < 1.29 is 24.5 Å². The lowest BCUT2D eigenvalue weighted by Gasteiger charge is -2.26. The van der Waals surface area contributed by atoms with Crippen molar-refractivity contribution in [2.45, 2.75) is 25.1 Å². The smallest absolute Gasteiger partial charge is 0.251 e. The van der Waals surface area contributed by atoms with E-state index in [4.69, 9.17) is 21.4 Å². The van der Waals surface area contributed by atoms with Crippen molar-refractivity contribution in [3.8, 4) is 5.75 Å². The Kier molecular flexibility index (Phi) is 8.57. The van der Waals surface area contributed by atoms with Crippen molar-refractivity contribution in [1.82, 2.24) is 14.7 Å². The molecule has 0 bridgehead atoms. The number of aliphatic hydroxyl groups excluding tert-OH is 2. The van der Waals surface area contributed by atoms with Gasteiger partial charge in [-0.15, -0.1) is 0 Å². The fourth-order valence-electron chi connectivity index (χ4n) is 3.18. The number of aliphatic hydroxyl groups is 2. The second kappa shape index (κ2) is 11.4. The number of benzene rings is 1. The number of para-hydroxylation sites is 1. The van der Waals surface area contributed by atoms with Crippen LogP contribution in [0, 0.1) is 0 Å². The average Bonchev–Trinajstić information content (AvgIpc) is 3.36. The molecule has 11 heteroatoms. The fraction of sp³-hybridized carbons (Fsp3) is 0.381. The van der Waals surface area contributed by atoms with Gasteiger partial charge in [-0.25, -0.2) is 0 Å². The lowest BCUT2D eigenvalue weighted by Crippen LogP contribution is -2.46. The quantitative estimate of drug-likeness (QED) is 0.448. The Bertz CT molecular complexity index is 983. The molecule has 32 heavy (non-hydrogen) atoms. The molecular formula is C21H25ClN4O5S. The van der Waals surface area contributed by atoms with Gasteiger partial charge in [0.1, 0.15) is 17.6 Å². The van der Waals surface area contributed by atoms with E-state index < -0.39 is 12.1 Å². The zero-order valence-electron chi connectivity index (χ0n) is 17.5. The van der Waals surface area contributed by atoms with Crippen molar-refractivity contribution in [2.24, 2.45) is 0 Å². The van der Waals surface area contributed by atoms with Crippen LogP contribution in [0.3, 0.4) is 0 Å². The van der Waals surface area contributed by atoms with E-state index in [2.05, 4.69) is 10.4 Å². The minimum absolute atomic E-state index is 0.0968. The van der Waals surface area contributed by atoms with Gasteiger partial charge in [0.15, 0.2) is 5.82 Å². The van der Waals surface area contributed by atoms with E-state index in [1.54, 1.807) is 48.3 Å². The van der Waals surface area contributed by atoms with Crippen LogP contribution in [0.15, 0.2) is 48.4 Å². The number of hydrogen-bond acceptors (Lipinski definition) is 7. The maximum absolute atomic E-state index is 13.0. The van der Waals surface area contributed by atoms with Crippen molar-refractivity contribution >= 4 is 41.0 Å². The number of halogens is 1. The van der Waals surface area contributed by atoms with Crippen LogP contribution in [0.1, 0.15) is 6.42 Å². The summed E-state index contributed by atoms with van der Waals surface area (Å²) >= 11 is 7.71. The molecule has 9 nitrogen and oxygen atoms in total. The molecule has 0 saturated heterocycles. The molecule has 1 aromatic heterocycles. The van der Waals surface area contributed by atoms with Gasteiger partial charge in [0.25, 0.3) is 5.91 Å². The Morgan fingerprint density at radius 2 is 2.16 bits per heavy atom. The van der Waals surface area contributed by atoms with E-state index in [0.717, 1.165) is 0 Å². The molecule has 1 aliphatic heterocycles. The minimum atomic E-state index is -0.947. The average molecular weight is 481 g/mol. The van der Waals surface area contributed by atoms with Crippen molar-refractivity contribution in [3.05, 3.63) is 53.4 Å². The molecule has 2 heterocycles. The van der Waals surface area contributed by atoms with Crippen LogP contribution in [0.2, 0.25) is 5.02 Å². The van der Waals surface area contributed by atoms with Gasteiger partial charge in [-0.2, -0.15) is 16.9 Å². The Labute approximate surface area is 195 Å². The number of nitrogens with one attached hydrogen (secondary N) is 1. The van der Waals surface area contributed by atoms with Crippen LogP contribution < -0.4 is 10.1 Å². The number of aromatic nitrogens is 2. The number of rotatable bonds is 11. The van der Waals surface area contributed by atoms with E-state index >= 15 is 0 Å². The number of nitrogens with zero attached hydrogens (tertiary/aromatic N) is 3. The van der Waals surface area contributed by atoms with Gasteiger partial charge in [0, 0.05) is 18.3 Å². The van der Waals surface area contributed by atoms with Crippen molar-refractivity contribution in [2.75, 3.05) is 30.5 Å². The van der Waals surface area contributed by atoms with Gasteiger partial charge in [-0.1, -0.05) is 23.7 Å². The summed E-state index contributed by atoms with van der Waals surface area (Å²) < 4.78 is 7.20. The lowest BCUT2D eigenvalue weighted by atomic mass is 10.1. The summed E-state index contributed by atoms with van der Waals surface area (Å²) in [5, 5.41) is 25.8. The topological polar surface area (TPSA) is 117 Å². The van der Waals surface area contributed by atoms with Crippen molar-refractivity contribution in [1.29, 1.82) is 0 Å². The molecule has 2 atom stereocenters. The standard InChI is InChI=1S/C21H25ClN4O5S/c1-32-9-7-17(21(30)23-19-6-8-25(24-19)11-14(28)13-27)26-12-15(10-20(26)29)31-18-5-3-2-4-16(18)22/h2-6,8,10,14,17,27-28H,7,9,11-13H2,1H3,(H,23,24,30). The largest absolute Gasteiger partial charge is 0.458 e. The molecule has 0 spiro atoms. The molecule has 0 fully saturated rings. The van der Waals surface area contributed by atoms with E-state index in [1.807, 2.05) is 6.26 Å². The number of carbonyl (C=O) groups excluding carboxylic acids is 2. The summed E-state index contributed by atoms with van der Waals surface area (Å²) in [6.07, 6.45) is 4.39. The Balaban J connectivity index is 1.67. The highest BCUT2D eigenvalue weighted by atomic mass is 35.5. The first-order valence-corrected chi connectivity index (χ1v) is 11.7. The van der Waals surface area contributed by atoms with Crippen LogP contribution in [-0.2, 0) is 16.1 Å². The van der Waals surface area contributed by atoms with Gasteiger partial charge in [0.05, 0.1) is 30.8 Å². The molecule has 0 radical (unpaired) electrons. The van der Waals surface area contributed by atoms with Crippen LogP contribution >= 0.6 is 23.4 Å². The number of anilines is 1. The van der Waals surface area contributed by atoms with Crippen LogP contribution in [0.4, 0.5) is 5.82 Å². The molecule has 2 amide bonds. The second-order valence-electron chi connectivity index (χ2n) is 7.16. The summed E-state index contributed by atoms with van der Waals surface area (Å²) in [5.74, 6) is 1.14. The van der Waals surface area contributed by atoms with Gasteiger partial charge >= 0.3 is 0 Å². The molecule has 1 aromatic carbocycles. The monoisotopic (exact) mass is 480 g/mol. The van der Waals surface area contributed by atoms with Gasteiger partial charge in [0.2, 0.25) is 5.91 Å². The predicted octanol–water partition coefficient (Wildman–Crippen LogP) is 1.75. The highest BCUT2D eigenvalue weighted by Crippen LogP contribution is 2.27. The van der Waals surface area contributed by atoms with Gasteiger partial charge in [-0.05, 0) is 30.6 Å². The van der Waals surface area contributed by atoms with E-state index in [0.29, 0.717) is 34.5 Å². The first-order valence-electron chi connectivity index (χ1n) is 9.97. The maximum Gasteiger partial charge on any atom is 0.251 e. The number of carbonyl (C=O) groups is 2. The van der Waals surface area contributed by atoms with Crippen LogP contribution in [0.25, 0.3) is 0 Å². The summed E-state index contributed by atoms with van der Waals surface area (Å²) in [4.78, 5) is 27.1. The highest BCUT2D eigenvalue weighted by molar-refractivity contribution is 7.98. The summed E-state index contributed by atoms with van der Waals surface area (Å²) in [6, 6.07) is 7.83. The number of hydrogen-bond donors (Lipinski definition) is 3. The Morgan fingerprint density at radius 1 is 1.38 bits per heavy atom. The summed E-state index contributed by atoms with van der Waals surface area (Å²) in [5.41, 5.74) is 0. The summed E-state index contributed by atoms with van der Waals surface area (Å²) in [7, 11) is 0. The van der Waals surface area contributed by atoms with E-state index in [1.165, 1.54) is 15.7 Å². The van der Waals surface area contributed by atoms with Crippen molar-refractivity contribution in [3.63, 3.8) is 0 Å². The zero-order valence-corrected chi connectivity index (χ0v) is 19.1. The first-order chi connectivity index (χ1) is 15.4. The number of ether oxygens (including phenoxy) is 1. The molecule has 2 aromatic rings. The molecule has 3 N–H and O–H groups in total. The number of thioether (sulfide) groups is 1. The fourth-order valence-corrected chi connectivity index (χ4v) is 3.81. The molecule has 0 aliphatic carbocycles. The molecule has 1 aliphatic rings. The lowest BCUT2D eigenvalue weighted by molar-refractivity contribution is -0.133. The molecule has 172 valence electrons. The van der Waals surface area contributed by atoms with Gasteiger partial charge in [-0.3, -0.25) is 14.3 Å². The minimum Gasteiger partial charge on any atom is -0.458 e. The highest BCUT2D eigenvalue weighted by Gasteiger charge is 2.34. The SMILES string of the molecule is CSCCC(C(=O)Nc1ccn(CC(O)CO)n1)N1CC(Oc2ccccc2Cl)=CC1=O.